The molecule has 0 fully saturated rings. The van der Waals surface area contributed by atoms with Crippen molar-refractivity contribution in [3.63, 3.8) is 0 Å². The predicted molar refractivity (Wildman–Crippen MR) is 127 cm³/mol. The van der Waals surface area contributed by atoms with Crippen LogP contribution in [-0.2, 0) is 26.0 Å². The zero-order valence-corrected chi connectivity index (χ0v) is 20.3. The van der Waals surface area contributed by atoms with Gasteiger partial charge in [-0.25, -0.2) is 9.67 Å². The van der Waals surface area contributed by atoms with E-state index in [-0.39, 0.29) is 29.3 Å². The third-order valence-electron chi connectivity index (χ3n) is 5.42. The Morgan fingerprint density at radius 3 is 2.76 bits per heavy atom. The van der Waals surface area contributed by atoms with Gasteiger partial charge < -0.3 is 9.84 Å². The number of hydrogen-bond donors (Lipinski definition) is 1. The number of nitrogens with zero attached hydrogens (tertiary/aromatic N) is 6. The summed E-state index contributed by atoms with van der Waals surface area (Å²) in [6.07, 6.45) is 6.49. The summed E-state index contributed by atoms with van der Waals surface area (Å²) in [6.45, 7) is 3.98. The van der Waals surface area contributed by atoms with Gasteiger partial charge >= 0.3 is 0 Å². The first kappa shape index (κ1) is 23.6. The number of phenols is 1. The second-order valence-electron chi connectivity index (χ2n) is 7.82. The van der Waals surface area contributed by atoms with E-state index in [1.165, 1.54) is 17.7 Å². The number of halogens is 1. The molecule has 1 aromatic carbocycles. The van der Waals surface area contributed by atoms with Crippen molar-refractivity contribution in [1.29, 1.82) is 0 Å². The van der Waals surface area contributed by atoms with Crippen LogP contribution >= 0.6 is 15.9 Å². The Bertz CT molecular complexity index is 1400. The Labute approximate surface area is 203 Å². The van der Waals surface area contributed by atoms with Gasteiger partial charge in [-0.05, 0) is 64.3 Å². The van der Waals surface area contributed by atoms with Crippen molar-refractivity contribution >= 4 is 27.4 Å². The molecule has 34 heavy (non-hydrogen) atoms. The lowest BCUT2D eigenvalue weighted by Gasteiger charge is -2.16. The number of benzene rings is 1. The first-order valence-corrected chi connectivity index (χ1v) is 11.6. The maximum absolute atomic E-state index is 13.1. The molecule has 0 spiro atoms. The Hall–Kier alpha value is -3.60. The highest BCUT2D eigenvalue weighted by atomic mass is 79.9. The Kier molecular flexibility index (Phi) is 7.01. The number of tetrazole rings is 1. The second kappa shape index (κ2) is 10.1. The van der Waals surface area contributed by atoms with E-state index in [1.807, 2.05) is 13.0 Å². The Morgan fingerprint density at radius 2 is 2.06 bits per heavy atom. The summed E-state index contributed by atoms with van der Waals surface area (Å²) in [4.78, 5) is 29.4. The van der Waals surface area contributed by atoms with Crippen molar-refractivity contribution in [2.45, 2.75) is 46.3 Å². The summed E-state index contributed by atoms with van der Waals surface area (Å²) in [5, 5.41) is 21.6. The zero-order chi connectivity index (χ0) is 24.2. The summed E-state index contributed by atoms with van der Waals surface area (Å²) in [5.74, 6) is 0.231. The van der Waals surface area contributed by atoms with Crippen LogP contribution in [-0.4, -0.2) is 40.5 Å². The number of rotatable bonds is 9. The molecule has 3 aromatic heterocycles. The lowest BCUT2D eigenvalue weighted by molar-refractivity contribution is 0.101. The third-order valence-corrected chi connectivity index (χ3v) is 5.85. The number of hydrogen-bond acceptors (Lipinski definition) is 8. The van der Waals surface area contributed by atoms with Gasteiger partial charge in [0, 0.05) is 40.1 Å². The number of phenolic OH excluding ortho intramolecular Hbond substituents is 1. The van der Waals surface area contributed by atoms with Crippen molar-refractivity contribution in [2.24, 2.45) is 0 Å². The fraction of sp³-hybridized carbons (Fsp3) is 0.304. The summed E-state index contributed by atoms with van der Waals surface area (Å²) in [5.41, 5.74) is 2.37. The molecule has 0 bridgehead atoms. The smallest absolute Gasteiger partial charge is 0.261 e. The number of carbonyl (C=O) groups excluding carboxylic acids is 1. The van der Waals surface area contributed by atoms with E-state index in [0.29, 0.717) is 51.9 Å². The number of ether oxygens (including phenoxy) is 1. The van der Waals surface area contributed by atoms with Crippen molar-refractivity contribution in [1.82, 2.24) is 29.6 Å². The molecule has 0 saturated heterocycles. The molecule has 0 amide bonds. The molecule has 1 N–H and O–H groups in total. The molecule has 0 aliphatic rings. The van der Waals surface area contributed by atoms with Gasteiger partial charge in [0.15, 0.2) is 5.78 Å². The number of aromatic nitrogens is 6. The highest BCUT2D eigenvalue weighted by Crippen LogP contribution is 2.33. The van der Waals surface area contributed by atoms with Crippen LogP contribution in [0.5, 0.6) is 11.5 Å². The molecular weight excluding hydrogens is 504 g/mol. The number of carbonyl (C=O) groups is 1. The van der Waals surface area contributed by atoms with Gasteiger partial charge in [0.25, 0.3) is 5.56 Å². The van der Waals surface area contributed by atoms with Gasteiger partial charge in [-0.15, -0.1) is 5.10 Å². The van der Waals surface area contributed by atoms with E-state index < -0.39 is 0 Å². The van der Waals surface area contributed by atoms with E-state index in [4.69, 9.17) is 4.74 Å². The van der Waals surface area contributed by atoms with Crippen molar-refractivity contribution in [2.75, 3.05) is 0 Å². The van der Waals surface area contributed by atoms with E-state index >= 15 is 0 Å². The molecule has 0 atom stereocenters. The molecule has 0 unspecified atom stereocenters. The van der Waals surface area contributed by atoms with Crippen LogP contribution in [0, 0.1) is 0 Å². The van der Waals surface area contributed by atoms with Crippen LogP contribution in [0.4, 0.5) is 0 Å². The number of fused-ring (bicyclic) bond motifs is 1. The summed E-state index contributed by atoms with van der Waals surface area (Å²) < 4.78 is 9.78. The van der Waals surface area contributed by atoms with Gasteiger partial charge in [0.1, 0.15) is 30.1 Å². The summed E-state index contributed by atoms with van der Waals surface area (Å²) in [6, 6.07) is 5.09. The molecule has 11 heteroatoms. The third kappa shape index (κ3) is 4.84. The number of aromatic hydroxyl groups is 1. The highest BCUT2D eigenvalue weighted by molar-refractivity contribution is 9.10. The van der Waals surface area contributed by atoms with Gasteiger partial charge in [0.2, 0.25) is 0 Å². The number of pyridine rings is 1. The van der Waals surface area contributed by atoms with E-state index in [1.54, 1.807) is 29.2 Å². The average molecular weight is 527 g/mol. The number of aryl methyl sites for hydroxylation is 2. The Morgan fingerprint density at radius 1 is 1.24 bits per heavy atom. The topological polar surface area (TPSA) is 125 Å². The Balaban J connectivity index is 1.64. The summed E-state index contributed by atoms with van der Waals surface area (Å²) in [7, 11) is 0. The van der Waals surface area contributed by atoms with Crippen LogP contribution in [0.3, 0.4) is 0 Å². The van der Waals surface area contributed by atoms with Crippen LogP contribution < -0.4 is 10.3 Å². The molecule has 0 radical (unpaired) electrons. The maximum Gasteiger partial charge on any atom is 0.261 e. The average Bonchev–Trinajstić information content (AvgIpc) is 3.33. The fourth-order valence-corrected chi connectivity index (χ4v) is 4.22. The normalized spacial score (nSPS) is 11.1. The van der Waals surface area contributed by atoms with Gasteiger partial charge in [0.05, 0.1) is 5.56 Å². The first-order chi connectivity index (χ1) is 16.4. The lowest BCUT2D eigenvalue weighted by Crippen LogP contribution is -2.22. The number of ketones is 1. The standard InChI is InChI=1S/C23H23BrN6O4/c1-3-4-19-20(6-5-18(14(2)31)21(19)32)34-12-16-9-17(24)11-30-22(16)25-10-15(23(30)33)7-8-29-13-26-27-28-29/h5-6,9-11,13,32H,3-4,7-8,12H2,1-2H3. The molecule has 0 aliphatic carbocycles. The highest BCUT2D eigenvalue weighted by Gasteiger charge is 2.17. The minimum Gasteiger partial charge on any atom is -0.507 e. The van der Waals surface area contributed by atoms with Crippen LogP contribution in [0.2, 0.25) is 0 Å². The fourth-order valence-electron chi connectivity index (χ4n) is 3.74. The molecule has 0 aliphatic heterocycles. The number of Topliss-reactive ketones (excluding diaryl/α,β-unsaturated/α-hetero) is 1. The van der Waals surface area contributed by atoms with E-state index in [9.17, 15) is 14.7 Å². The van der Waals surface area contributed by atoms with Crippen molar-refractivity contribution < 1.29 is 14.6 Å². The first-order valence-electron chi connectivity index (χ1n) is 10.8. The molecule has 4 rings (SSSR count). The van der Waals surface area contributed by atoms with Crippen LogP contribution in [0.25, 0.3) is 5.65 Å². The minimum absolute atomic E-state index is 0.0486. The van der Waals surface area contributed by atoms with Gasteiger partial charge in [-0.2, -0.15) is 0 Å². The van der Waals surface area contributed by atoms with E-state index in [2.05, 4.69) is 36.4 Å². The van der Waals surface area contributed by atoms with Crippen LogP contribution in [0.15, 0.2) is 46.2 Å². The van der Waals surface area contributed by atoms with E-state index in [0.717, 1.165) is 6.42 Å². The van der Waals surface area contributed by atoms with Crippen molar-refractivity contribution in [3.05, 3.63) is 74.0 Å². The quantitative estimate of drug-likeness (QED) is 0.330. The van der Waals surface area contributed by atoms with Crippen molar-refractivity contribution in [3.8, 4) is 11.5 Å². The van der Waals surface area contributed by atoms with Gasteiger partial charge in [-0.1, -0.05) is 13.3 Å². The zero-order valence-electron chi connectivity index (χ0n) is 18.7. The molecule has 10 nitrogen and oxygen atoms in total. The lowest BCUT2D eigenvalue weighted by atomic mass is 10.0. The molecule has 4 aromatic rings. The molecule has 3 heterocycles. The maximum atomic E-state index is 13.1. The predicted octanol–water partition coefficient (Wildman–Crippen LogP) is 3.13. The largest absolute Gasteiger partial charge is 0.507 e. The monoisotopic (exact) mass is 526 g/mol. The summed E-state index contributed by atoms with van der Waals surface area (Å²) >= 11 is 3.46. The second-order valence-corrected chi connectivity index (χ2v) is 8.74. The SMILES string of the molecule is CCCc1c(OCc2cc(Br)cn3c(=O)c(CCn4cnnn4)cnc23)ccc(C(C)=O)c1O. The van der Waals surface area contributed by atoms with Gasteiger partial charge in [-0.3, -0.25) is 14.0 Å². The molecular formula is C23H23BrN6O4. The minimum atomic E-state index is -0.209. The molecule has 176 valence electrons. The molecule has 0 saturated carbocycles. The van der Waals surface area contributed by atoms with Crippen LogP contribution in [0.1, 0.15) is 47.3 Å².